The Bertz CT molecular complexity index is 1080. The van der Waals surface area contributed by atoms with Gasteiger partial charge in [0.1, 0.15) is 5.76 Å². The van der Waals surface area contributed by atoms with E-state index in [1.807, 2.05) is 6.07 Å². The maximum atomic E-state index is 12.6. The molecule has 0 radical (unpaired) electrons. The molecular weight excluding hydrogens is 366 g/mol. The molecule has 1 aromatic heterocycles. The number of nitrogens with zero attached hydrogens (tertiary/aromatic N) is 1. The zero-order chi connectivity index (χ0) is 19.3. The summed E-state index contributed by atoms with van der Waals surface area (Å²) in [5.74, 6) is 0.177. The van der Waals surface area contributed by atoms with Crippen LogP contribution in [0.3, 0.4) is 0 Å². The largest absolute Gasteiger partial charge is 0.467 e. The molecule has 0 aliphatic heterocycles. The number of amides is 1. The summed E-state index contributed by atoms with van der Waals surface area (Å²) in [7, 11) is -3.88. The third-order valence-corrected chi connectivity index (χ3v) is 5.05. The Morgan fingerprint density at radius 3 is 2.52 bits per heavy atom. The molecule has 0 aliphatic rings. The van der Waals surface area contributed by atoms with Gasteiger partial charge in [-0.25, -0.2) is 8.42 Å². The highest BCUT2D eigenvalue weighted by molar-refractivity contribution is 7.92. The summed E-state index contributed by atoms with van der Waals surface area (Å²) < 4.78 is 32.7. The van der Waals surface area contributed by atoms with Gasteiger partial charge < -0.3 is 9.73 Å². The summed E-state index contributed by atoms with van der Waals surface area (Å²) in [4.78, 5) is 12.2. The Kier molecular flexibility index (Phi) is 5.24. The number of hydrogen-bond donors (Lipinski definition) is 2. The second-order valence-corrected chi connectivity index (χ2v) is 7.27. The average molecular weight is 381 g/mol. The number of anilines is 1. The maximum Gasteiger partial charge on any atom is 0.261 e. The molecule has 8 heteroatoms. The van der Waals surface area contributed by atoms with Crippen LogP contribution in [0.5, 0.6) is 0 Å². The minimum Gasteiger partial charge on any atom is -0.467 e. The van der Waals surface area contributed by atoms with E-state index >= 15 is 0 Å². The van der Waals surface area contributed by atoms with Crippen LogP contribution in [0.4, 0.5) is 5.69 Å². The number of rotatable bonds is 6. The average Bonchev–Trinajstić information content (AvgIpc) is 3.20. The first kappa shape index (κ1) is 18.2. The Labute approximate surface area is 156 Å². The van der Waals surface area contributed by atoms with Crippen molar-refractivity contribution in [1.29, 1.82) is 5.26 Å². The minimum atomic E-state index is -3.88. The molecule has 2 aromatic carbocycles. The van der Waals surface area contributed by atoms with E-state index in [0.29, 0.717) is 17.0 Å². The SMILES string of the molecule is N#Cc1ccc(NS(=O)(=O)c2cccc(C(=O)NCc3ccco3)c2)cc1. The molecule has 136 valence electrons. The normalized spacial score (nSPS) is 10.8. The number of carbonyl (C=O) groups excluding carboxylic acids is 1. The number of carbonyl (C=O) groups is 1. The van der Waals surface area contributed by atoms with E-state index in [0.717, 1.165) is 0 Å². The molecule has 0 saturated carbocycles. The smallest absolute Gasteiger partial charge is 0.261 e. The Balaban J connectivity index is 1.74. The fourth-order valence-electron chi connectivity index (χ4n) is 2.31. The number of hydrogen-bond acceptors (Lipinski definition) is 5. The van der Waals surface area contributed by atoms with Crippen molar-refractivity contribution in [3.8, 4) is 6.07 Å². The van der Waals surface area contributed by atoms with Gasteiger partial charge in [-0.2, -0.15) is 5.26 Å². The lowest BCUT2D eigenvalue weighted by molar-refractivity contribution is 0.0948. The van der Waals surface area contributed by atoms with Gasteiger partial charge in [-0.3, -0.25) is 9.52 Å². The maximum absolute atomic E-state index is 12.6. The van der Waals surface area contributed by atoms with Gasteiger partial charge in [0.05, 0.1) is 29.3 Å². The molecule has 0 fully saturated rings. The molecule has 0 bridgehead atoms. The quantitative estimate of drug-likeness (QED) is 0.682. The summed E-state index contributed by atoms with van der Waals surface area (Å²) in [6.45, 7) is 0.201. The van der Waals surface area contributed by atoms with Gasteiger partial charge in [-0.05, 0) is 54.6 Å². The van der Waals surface area contributed by atoms with E-state index in [-0.39, 0.29) is 17.0 Å². The van der Waals surface area contributed by atoms with E-state index in [4.69, 9.17) is 9.68 Å². The molecular formula is C19H15N3O4S. The van der Waals surface area contributed by atoms with Gasteiger partial charge in [0.2, 0.25) is 0 Å². The molecule has 0 spiro atoms. The second-order valence-electron chi connectivity index (χ2n) is 5.58. The van der Waals surface area contributed by atoms with Gasteiger partial charge in [-0.15, -0.1) is 0 Å². The minimum absolute atomic E-state index is 0.0440. The molecule has 0 aliphatic carbocycles. The third kappa shape index (κ3) is 4.54. The van der Waals surface area contributed by atoms with Gasteiger partial charge in [-0.1, -0.05) is 6.07 Å². The molecule has 3 aromatic rings. The van der Waals surface area contributed by atoms with Crippen LogP contribution in [-0.2, 0) is 16.6 Å². The molecule has 2 N–H and O–H groups in total. The zero-order valence-corrected chi connectivity index (χ0v) is 14.9. The number of furan rings is 1. The first-order chi connectivity index (χ1) is 13.0. The Hall–Kier alpha value is -3.57. The highest BCUT2D eigenvalue weighted by Crippen LogP contribution is 2.18. The summed E-state index contributed by atoms with van der Waals surface area (Å²) in [6, 6.07) is 17.1. The van der Waals surface area contributed by atoms with Crippen LogP contribution in [0.1, 0.15) is 21.7 Å². The van der Waals surface area contributed by atoms with Crippen LogP contribution in [0, 0.1) is 11.3 Å². The first-order valence-corrected chi connectivity index (χ1v) is 9.40. The molecule has 0 saturated heterocycles. The number of nitriles is 1. The summed E-state index contributed by atoms with van der Waals surface area (Å²) >= 11 is 0. The molecule has 1 heterocycles. The Morgan fingerprint density at radius 1 is 1.07 bits per heavy atom. The van der Waals surface area contributed by atoms with Crippen molar-refractivity contribution in [3.63, 3.8) is 0 Å². The third-order valence-electron chi connectivity index (χ3n) is 3.68. The summed E-state index contributed by atoms with van der Waals surface area (Å²) in [6.07, 6.45) is 1.50. The van der Waals surface area contributed by atoms with Gasteiger partial charge >= 0.3 is 0 Å². The second kappa shape index (κ2) is 7.76. The molecule has 1 amide bonds. The lowest BCUT2D eigenvalue weighted by atomic mass is 10.2. The van der Waals surface area contributed by atoms with Crippen molar-refractivity contribution < 1.29 is 17.6 Å². The van der Waals surface area contributed by atoms with Crippen LogP contribution in [0.2, 0.25) is 0 Å². The molecule has 7 nitrogen and oxygen atoms in total. The predicted molar refractivity (Wildman–Crippen MR) is 98.3 cm³/mol. The van der Waals surface area contributed by atoms with Crippen molar-refractivity contribution in [2.75, 3.05) is 4.72 Å². The summed E-state index contributed by atoms with van der Waals surface area (Å²) in [5.41, 5.74) is 0.958. The van der Waals surface area contributed by atoms with Crippen LogP contribution < -0.4 is 10.0 Å². The lowest BCUT2D eigenvalue weighted by Gasteiger charge is -2.10. The molecule has 27 heavy (non-hydrogen) atoms. The van der Waals surface area contributed by atoms with Crippen LogP contribution >= 0.6 is 0 Å². The van der Waals surface area contributed by atoms with Gasteiger partial charge in [0, 0.05) is 11.3 Å². The van der Waals surface area contributed by atoms with Crippen molar-refractivity contribution in [3.05, 3.63) is 83.8 Å². The van der Waals surface area contributed by atoms with E-state index in [1.54, 1.807) is 12.1 Å². The molecule has 0 atom stereocenters. The van der Waals surface area contributed by atoms with Gasteiger partial charge in [0.25, 0.3) is 15.9 Å². The van der Waals surface area contributed by atoms with E-state index in [9.17, 15) is 13.2 Å². The lowest BCUT2D eigenvalue weighted by Crippen LogP contribution is -2.23. The van der Waals surface area contributed by atoms with Crippen molar-refractivity contribution in [2.45, 2.75) is 11.4 Å². The number of nitrogens with one attached hydrogen (secondary N) is 2. The van der Waals surface area contributed by atoms with E-state index in [2.05, 4.69) is 10.0 Å². The fourth-order valence-corrected chi connectivity index (χ4v) is 3.42. The van der Waals surface area contributed by atoms with Gasteiger partial charge in [0.15, 0.2) is 0 Å². The predicted octanol–water partition coefficient (Wildman–Crippen LogP) is 2.88. The highest BCUT2D eigenvalue weighted by Gasteiger charge is 2.16. The Morgan fingerprint density at radius 2 is 1.85 bits per heavy atom. The summed E-state index contributed by atoms with van der Waals surface area (Å²) in [5, 5.41) is 11.5. The zero-order valence-electron chi connectivity index (χ0n) is 14.0. The molecule has 3 rings (SSSR count). The highest BCUT2D eigenvalue weighted by atomic mass is 32.2. The fraction of sp³-hybridized carbons (Fsp3) is 0.0526. The van der Waals surface area contributed by atoms with Crippen LogP contribution in [0.15, 0.2) is 76.2 Å². The van der Waals surface area contributed by atoms with E-state index < -0.39 is 15.9 Å². The van der Waals surface area contributed by atoms with E-state index in [1.165, 1.54) is 54.8 Å². The topological polar surface area (TPSA) is 112 Å². The molecule has 0 unspecified atom stereocenters. The van der Waals surface area contributed by atoms with Crippen LogP contribution in [-0.4, -0.2) is 14.3 Å². The monoisotopic (exact) mass is 381 g/mol. The standard InChI is InChI=1S/C19H15N3O4S/c20-12-14-6-8-16(9-7-14)22-27(24,25)18-5-1-3-15(11-18)19(23)21-13-17-4-2-10-26-17/h1-11,22H,13H2,(H,21,23). The first-order valence-electron chi connectivity index (χ1n) is 7.91. The number of sulfonamides is 1. The van der Waals surface area contributed by atoms with Crippen molar-refractivity contribution >= 4 is 21.6 Å². The van der Waals surface area contributed by atoms with Crippen molar-refractivity contribution in [2.24, 2.45) is 0 Å². The van der Waals surface area contributed by atoms with Crippen LogP contribution in [0.25, 0.3) is 0 Å². The number of benzene rings is 2. The van der Waals surface area contributed by atoms with Crippen molar-refractivity contribution in [1.82, 2.24) is 5.32 Å².